The predicted molar refractivity (Wildman–Crippen MR) is 63.9 cm³/mol. The van der Waals surface area contributed by atoms with Crippen molar-refractivity contribution in [2.24, 2.45) is 0 Å². The highest BCUT2D eigenvalue weighted by Gasteiger charge is 2.20. The molecule has 0 saturated carbocycles. The second-order valence-corrected chi connectivity index (χ2v) is 4.13. The van der Waals surface area contributed by atoms with Crippen LogP contribution in [0.2, 0.25) is 0 Å². The van der Waals surface area contributed by atoms with Gasteiger partial charge in [0.1, 0.15) is 0 Å². The zero-order chi connectivity index (χ0) is 11.0. The summed E-state index contributed by atoms with van der Waals surface area (Å²) in [7, 11) is 0. The summed E-state index contributed by atoms with van der Waals surface area (Å²) in [4.78, 5) is 0. The Morgan fingerprint density at radius 1 is 1.19 bits per heavy atom. The normalized spacial score (nSPS) is 14.4. The number of rotatable bonds is 1. The van der Waals surface area contributed by atoms with E-state index in [1.165, 1.54) is 11.1 Å². The van der Waals surface area contributed by atoms with E-state index in [9.17, 15) is 0 Å². The minimum absolute atomic E-state index is 0.907. The molecule has 3 rings (SSSR count). The highest BCUT2D eigenvalue weighted by molar-refractivity contribution is 5.79. The molecule has 1 aliphatic rings. The molecular weight excluding hydrogens is 198 g/mol. The molecule has 0 fully saturated rings. The Morgan fingerprint density at radius 2 is 2.00 bits per heavy atom. The minimum Gasteiger partial charge on any atom is -0.355 e. The standard InChI is InChI=1S/C14H13NO/c1-10-6-5-9-12-13(10)14(16-15-12)11-7-3-2-4-8-11/h2-4,6-8H,5,9H2,1H3. The molecule has 0 radical (unpaired) electrons. The number of allylic oxidation sites excluding steroid dienone is 2. The van der Waals surface area contributed by atoms with Crippen LogP contribution in [0.15, 0.2) is 40.9 Å². The van der Waals surface area contributed by atoms with E-state index in [4.69, 9.17) is 4.52 Å². The molecule has 1 aromatic heterocycles. The first kappa shape index (κ1) is 9.40. The Bertz CT molecular complexity index is 537. The number of aryl methyl sites for hydroxylation is 1. The van der Waals surface area contributed by atoms with E-state index in [0.29, 0.717) is 0 Å². The molecule has 16 heavy (non-hydrogen) atoms. The van der Waals surface area contributed by atoms with Gasteiger partial charge in [-0.05, 0) is 25.3 Å². The fourth-order valence-electron chi connectivity index (χ4n) is 2.21. The third-order valence-electron chi connectivity index (χ3n) is 3.02. The van der Waals surface area contributed by atoms with Crippen molar-refractivity contribution in [3.63, 3.8) is 0 Å². The van der Waals surface area contributed by atoms with Gasteiger partial charge in [-0.3, -0.25) is 0 Å². The van der Waals surface area contributed by atoms with Gasteiger partial charge in [0.05, 0.1) is 5.69 Å². The molecule has 1 aromatic carbocycles. The molecule has 0 aliphatic heterocycles. The molecule has 2 aromatic rings. The summed E-state index contributed by atoms with van der Waals surface area (Å²) in [6, 6.07) is 10.2. The van der Waals surface area contributed by atoms with Crippen molar-refractivity contribution in [2.45, 2.75) is 19.8 Å². The molecule has 0 saturated heterocycles. The summed E-state index contributed by atoms with van der Waals surface area (Å²) in [6.45, 7) is 2.13. The molecule has 0 atom stereocenters. The Balaban J connectivity index is 2.18. The lowest BCUT2D eigenvalue weighted by Crippen LogP contribution is -1.96. The SMILES string of the molecule is CC1=CCCc2noc(-c3ccccc3)c21. The molecule has 0 N–H and O–H groups in total. The van der Waals surface area contributed by atoms with E-state index in [1.54, 1.807) is 0 Å². The van der Waals surface area contributed by atoms with Gasteiger partial charge in [-0.25, -0.2) is 0 Å². The quantitative estimate of drug-likeness (QED) is 0.719. The zero-order valence-electron chi connectivity index (χ0n) is 9.23. The van der Waals surface area contributed by atoms with Crippen LogP contribution in [0, 0.1) is 0 Å². The summed E-state index contributed by atoms with van der Waals surface area (Å²) in [5.41, 5.74) is 4.67. The lowest BCUT2D eigenvalue weighted by atomic mass is 9.94. The lowest BCUT2D eigenvalue weighted by Gasteiger charge is -2.08. The summed E-state index contributed by atoms with van der Waals surface area (Å²) in [6.07, 6.45) is 4.31. The Kier molecular flexibility index (Phi) is 2.13. The molecular formula is C14H13NO. The van der Waals surface area contributed by atoms with E-state index in [1.807, 2.05) is 18.2 Å². The van der Waals surface area contributed by atoms with Crippen LogP contribution in [-0.2, 0) is 6.42 Å². The highest BCUT2D eigenvalue weighted by atomic mass is 16.5. The molecule has 1 aliphatic carbocycles. The molecule has 2 nitrogen and oxygen atoms in total. The van der Waals surface area contributed by atoms with Crippen molar-refractivity contribution in [2.75, 3.05) is 0 Å². The Hall–Kier alpha value is -1.83. The van der Waals surface area contributed by atoms with Crippen molar-refractivity contribution in [1.29, 1.82) is 0 Å². The smallest absolute Gasteiger partial charge is 0.174 e. The number of nitrogens with zero attached hydrogens (tertiary/aromatic N) is 1. The van der Waals surface area contributed by atoms with Gasteiger partial charge in [0.2, 0.25) is 0 Å². The Morgan fingerprint density at radius 3 is 2.81 bits per heavy atom. The molecule has 2 heteroatoms. The van der Waals surface area contributed by atoms with E-state index in [2.05, 4.69) is 30.3 Å². The first-order chi connectivity index (χ1) is 7.86. The average molecular weight is 211 g/mol. The van der Waals surface area contributed by atoms with Crippen LogP contribution in [0.5, 0.6) is 0 Å². The van der Waals surface area contributed by atoms with E-state index in [-0.39, 0.29) is 0 Å². The monoisotopic (exact) mass is 211 g/mol. The Labute approximate surface area is 94.6 Å². The molecule has 0 bridgehead atoms. The van der Waals surface area contributed by atoms with Crippen molar-refractivity contribution >= 4 is 5.57 Å². The number of hydrogen-bond donors (Lipinski definition) is 0. The van der Waals surface area contributed by atoms with Crippen LogP contribution in [0.1, 0.15) is 24.6 Å². The maximum Gasteiger partial charge on any atom is 0.174 e. The minimum atomic E-state index is 0.907. The van der Waals surface area contributed by atoms with Crippen LogP contribution in [0.3, 0.4) is 0 Å². The average Bonchev–Trinajstić information content (AvgIpc) is 2.75. The number of fused-ring (bicyclic) bond motifs is 1. The second-order valence-electron chi connectivity index (χ2n) is 4.13. The zero-order valence-corrected chi connectivity index (χ0v) is 9.23. The first-order valence-corrected chi connectivity index (χ1v) is 5.57. The van der Waals surface area contributed by atoms with Gasteiger partial charge in [-0.1, -0.05) is 41.6 Å². The van der Waals surface area contributed by atoms with Crippen LogP contribution in [0.25, 0.3) is 16.9 Å². The third-order valence-corrected chi connectivity index (χ3v) is 3.02. The molecule has 80 valence electrons. The largest absolute Gasteiger partial charge is 0.355 e. The molecule has 0 amide bonds. The second kappa shape index (κ2) is 3.63. The van der Waals surface area contributed by atoms with Gasteiger partial charge in [0, 0.05) is 11.1 Å². The fourth-order valence-corrected chi connectivity index (χ4v) is 2.21. The van der Waals surface area contributed by atoms with Gasteiger partial charge < -0.3 is 4.52 Å². The number of hydrogen-bond acceptors (Lipinski definition) is 2. The van der Waals surface area contributed by atoms with Gasteiger partial charge >= 0.3 is 0 Å². The summed E-state index contributed by atoms with van der Waals surface area (Å²) in [5.74, 6) is 0.907. The van der Waals surface area contributed by atoms with Gasteiger partial charge in [-0.2, -0.15) is 0 Å². The van der Waals surface area contributed by atoms with E-state index < -0.39 is 0 Å². The summed E-state index contributed by atoms with van der Waals surface area (Å²) < 4.78 is 5.48. The van der Waals surface area contributed by atoms with Crippen LogP contribution in [0.4, 0.5) is 0 Å². The molecule has 0 spiro atoms. The van der Waals surface area contributed by atoms with Crippen molar-refractivity contribution in [3.05, 3.63) is 47.7 Å². The van der Waals surface area contributed by atoms with Crippen LogP contribution in [-0.4, -0.2) is 5.16 Å². The fraction of sp³-hybridized carbons (Fsp3) is 0.214. The first-order valence-electron chi connectivity index (χ1n) is 5.57. The molecule has 1 heterocycles. The van der Waals surface area contributed by atoms with Gasteiger partial charge in [-0.15, -0.1) is 0 Å². The number of benzene rings is 1. The third kappa shape index (κ3) is 1.38. The van der Waals surface area contributed by atoms with Crippen LogP contribution >= 0.6 is 0 Å². The van der Waals surface area contributed by atoms with E-state index in [0.717, 1.165) is 29.9 Å². The van der Waals surface area contributed by atoms with Crippen molar-refractivity contribution < 1.29 is 4.52 Å². The van der Waals surface area contributed by atoms with Crippen LogP contribution < -0.4 is 0 Å². The van der Waals surface area contributed by atoms with Crippen molar-refractivity contribution in [3.8, 4) is 11.3 Å². The highest BCUT2D eigenvalue weighted by Crippen LogP contribution is 2.34. The van der Waals surface area contributed by atoms with Gasteiger partial charge in [0.25, 0.3) is 0 Å². The van der Waals surface area contributed by atoms with Crippen molar-refractivity contribution in [1.82, 2.24) is 5.16 Å². The number of aromatic nitrogens is 1. The lowest BCUT2D eigenvalue weighted by molar-refractivity contribution is 0.423. The molecule has 0 unspecified atom stereocenters. The maximum absolute atomic E-state index is 5.48. The summed E-state index contributed by atoms with van der Waals surface area (Å²) in [5, 5.41) is 4.17. The summed E-state index contributed by atoms with van der Waals surface area (Å²) >= 11 is 0. The van der Waals surface area contributed by atoms with E-state index >= 15 is 0 Å². The maximum atomic E-state index is 5.48. The van der Waals surface area contributed by atoms with Gasteiger partial charge in [0.15, 0.2) is 5.76 Å². The topological polar surface area (TPSA) is 26.0 Å². The predicted octanol–water partition coefficient (Wildman–Crippen LogP) is 3.69.